The summed E-state index contributed by atoms with van der Waals surface area (Å²) in [4.78, 5) is 25.5. The number of H-pyrrole nitrogens is 1. The third kappa shape index (κ3) is 2.52. The zero-order valence-corrected chi connectivity index (χ0v) is 10.7. The summed E-state index contributed by atoms with van der Waals surface area (Å²) < 4.78 is 0. The SMILES string of the molecule is Cc1n[nH]c(C)c1C(=O)NCC(=O)N1CCCC1. The summed E-state index contributed by atoms with van der Waals surface area (Å²) in [5.41, 5.74) is 1.90. The van der Waals surface area contributed by atoms with Crippen LogP contribution in [-0.4, -0.2) is 46.5 Å². The maximum Gasteiger partial charge on any atom is 0.255 e. The number of likely N-dealkylation sites (tertiary alicyclic amines) is 1. The molecule has 18 heavy (non-hydrogen) atoms. The van der Waals surface area contributed by atoms with Crippen LogP contribution in [0.5, 0.6) is 0 Å². The van der Waals surface area contributed by atoms with Crippen LogP contribution in [-0.2, 0) is 4.79 Å². The van der Waals surface area contributed by atoms with Crippen molar-refractivity contribution in [2.75, 3.05) is 19.6 Å². The summed E-state index contributed by atoms with van der Waals surface area (Å²) in [5, 5.41) is 9.37. The van der Waals surface area contributed by atoms with E-state index in [1.54, 1.807) is 18.7 Å². The molecular weight excluding hydrogens is 232 g/mol. The molecule has 0 aliphatic carbocycles. The molecule has 0 saturated carbocycles. The molecular formula is C12H18N4O2. The van der Waals surface area contributed by atoms with Crippen LogP contribution in [0.3, 0.4) is 0 Å². The van der Waals surface area contributed by atoms with Gasteiger partial charge in [0.25, 0.3) is 5.91 Å². The lowest BCUT2D eigenvalue weighted by molar-refractivity contribution is -0.129. The topological polar surface area (TPSA) is 78.1 Å². The van der Waals surface area contributed by atoms with Crippen molar-refractivity contribution >= 4 is 11.8 Å². The van der Waals surface area contributed by atoms with E-state index in [4.69, 9.17) is 0 Å². The Balaban J connectivity index is 1.90. The van der Waals surface area contributed by atoms with Gasteiger partial charge >= 0.3 is 0 Å². The Morgan fingerprint density at radius 3 is 2.56 bits per heavy atom. The zero-order valence-electron chi connectivity index (χ0n) is 10.7. The van der Waals surface area contributed by atoms with Crippen LogP contribution in [0.2, 0.25) is 0 Å². The molecule has 1 aliphatic heterocycles. The maximum absolute atomic E-state index is 11.9. The zero-order chi connectivity index (χ0) is 13.1. The van der Waals surface area contributed by atoms with Gasteiger partial charge in [0.2, 0.25) is 5.91 Å². The highest BCUT2D eigenvalue weighted by atomic mass is 16.2. The van der Waals surface area contributed by atoms with Crippen molar-refractivity contribution in [3.05, 3.63) is 17.0 Å². The second-order valence-corrected chi connectivity index (χ2v) is 4.58. The van der Waals surface area contributed by atoms with E-state index in [1.165, 1.54) is 0 Å². The van der Waals surface area contributed by atoms with Crippen molar-refractivity contribution in [1.29, 1.82) is 0 Å². The van der Waals surface area contributed by atoms with Crippen molar-refractivity contribution < 1.29 is 9.59 Å². The minimum Gasteiger partial charge on any atom is -0.343 e. The van der Waals surface area contributed by atoms with Crippen LogP contribution in [0.25, 0.3) is 0 Å². The summed E-state index contributed by atoms with van der Waals surface area (Å²) in [7, 11) is 0. The molecule has 1 aromatic heterocycles. The van der Waals surface area contributed by atoms with Crippen LogP contribution in [0, 0.1) is 13.8 Å². The van der Waals surface area contributed by atoms with Crippen LogP contribution in [0.1, 0.15) is 34.6 Å². The van der Waals surface area contributed by atoms with Crippen LogP contribution < -0.4 is 5.32 Å². The maximum atomic E-state index is 11.9. The molecule has 0 aromatic carbocycles. The third-order valence-corrected chi connectivity index (χ3v) is 3.21. The van der Waals surface area contributed by atoms with Gasteiger partial charge in [0.1, 0.15) is 0 Å². The lowest BCUT2D eigenvalue weighted by Crippen LogP contribution is -2.38. The predicted molar refractivity (Wildman–Crippen MR) is 66.2 cm³/mol. The number of carbonyl (C=O) groups is 2. The van der Waals surface area contributed by atoms with E-state index in [9.17, 15) is 9.59 Å². The second-order valence-electron chi connectivity index (χ2n) is 4.58. The van der Waals surface area contributed by atoms with Gasteiger partial charge in [-0.3, -0.25) is 14.7 Å². The number of hydrogen-bond donors (Lipinski definition) is 2. The summed E-state index contributed by atoms with van der Waals surface area (Å²) in [6.45, 7) is 5.22. The monoisotopic (exact) mass is 250 g/mol. The number of aromatic amines is 1. The molecule has 1 aromatic rings. The quantitative estimate of drug-likeness (QED) is 0.814. The van der Waals surface area contributed by atoms with Gasteiger partial charge in [0.05, 0.1) is 17.8 Å². The number of aromatic nitrogens is 2. The van der Waals surface area contributed by atoms with Crippen LogP contribution >= 0.6 is 0 Å². The van der Waals surface area contributed by atoms with Crippen LogP contribution in [0.4, 0.5) is 0 Å². The Morgan fingerprint density at radius 1 is 1.33 bits per heavy atom. The highest BCUT2D eigenvalue weighted by Gasteiger charge is 2.20. The molecule has 6 nitrogen and oxygen atoms in total. The van der Waals surface area contributed by atoms with E-state index in [2.05, 4.69) is 15.5 Å². The van der Waals surface area contributed by atoms with Gasteiger partial charge in [-0.05, 0) is 26.7 Å². The van der Waals surface area contributed by atoms with Crippen LogP contribution in [0.15, 0.2) is 0 Å². The largest absolute Gasteiger partial charge is 0.343 e. The Morgan fingerprint density at radius 2 is 2.00 bits per heavy atom. The minimum atomic E-state index is -0.244. The van der Waals surface area contributed by atoms with Gasteiger partial charge in [0, 0.05) is 18.8 Å². The molecule has 1 fully saturated rings. The van der Waals surface area contributed by atoms with Crippen molar-refractivity contribution in [2.24, 2.45) is 0 Å². The molecule has 0 atom stereocenters. The molecule has 1 aliphatic rings. The molecule has 6 heteroatoms. The average molecular weight is 250 g/mol. The van der Waals surface area contributed by atoms with E-state index in [1.807, 2.05) is 0 Å². The lowest BCUT2D eigenvalue weighted by Gasteiger charge is -2.15. The number of carbonyl (C=O) groups excluding carboxylic acids is 2. The fourth-order valence-electron chi connectivity index (χ4n) is 2.21. The normalized spacial score (nSPS) is 14.9. The first kappa shape index (κ1) is 12.6. The Labute approximate surface area is 106 Å². The molecule has 98 valence electrons. The molecule has 2 N–H and O–H groups in total. The third-order valence-electron chi connectivity index (χ3n) is 3.21. The minimum absolute atomic E-state index is 0.0142. The van der Waals surface area contributed by atoms with Gasteiger partial charge in [-0.15, -0.1) is 0 Å². The van der Waals surface area contributed by atoms with E-state index in [0.717, 1.165) is 31.6 Å². The second kappa shape index (κ2) is 5.20. The number of nitrogens with one attached hydrogen (secondary N) is 2. The molecule has 0 unspecified atom stereocenters. The standard InChI is InChI=1S/C12H18N4O2/c1-8-11(9(2)15-14-8)12(18)13-7-10(17)16-5-3-4-6-16/h3-7H2,1-2H3,(H,13,18)(H,14,15). The van der Waals surface area contributed by atoms with Gasteiger partial charge < -0.3 is 10.2 Å². The summed E-state index contributed by atoms with van der Waals surface area (Å²) in [6.07, 6.45) is 2.11. The number of aryl methyl sites for hydroxylation is 2. The van der Waals surface area contributed by atoms with Crippen molar-refractivity contribution in [3.8, 4) is 0 Å². The predicted octanol–water partition coefficient (Wildman–Crippen LogP) is 0.379. The number of nitrogens with zero attached hydrogens (tertiary/aromatic N) is 2. The molecule has 1 saturated heterocycles. The lowest BCUT2D eigenvalue weighted by atomic mass is 10.2. The molecule has 0 spiro atoms. The highest BCUT2D eigenvalue weighted by Crippen LogP contribution is 2.09. The van der Waals surface area contributed by atoms with E-state index in [0.29, 0.717) is 11.3 Å². The first-order chi connectivity index (χ1) is 8.59. The van der Waals surface area contributed by atoms with E-state index >= 15 is 0 Å². The smallest absolute Gasteiger partial charge is 0.255 e. The molecule has 2 amide bonds. The first-order valence-electron chi connectivity index (χ1n) is 6.17. The Hall–Kier alpha value is -1.85. The molecule has 0 radical (unpaired) electrons. The van der Waals surface area contributed by atoms with E-state index < -0.39 is 0 Å². The van der Waals surface area contributed by atoms with E-state index in [-0.39, 0.29) is 18.4 Å². The Kier molecular flexibility index (Phi) is 3.64. The summed E-state index contributed by atoms with van der Waals surface area (Å²) in [6, 6.07) is 0. The highest BCUT2D eigenvalue weighted by molar-refractivity contribution is 5.98. The van der Waals surface area contributed by atoms with Gasteiger partial charge in [-0.25, -0.2) is 0 Å². The fourth-order valence-corrected chi connectivity index (χ4v) is 2.21. The number of rotatable bonds is 3. The molecule has 2 heterocycles. The van der Waals surface area contributed by atoms with Gasteiger partial charge in [-0.1, -0.05) is 0 Å². The Bertz CT molecular complexity index is 441. The number of amides is 2. The molecule has 2 rings (SSSR count). The number of hydrogen-bond acceptors (Lipinski definition) is 3. The summed E-state index contributed by atoms with van der Waals surface area (Å²) in [5.74, 6) is -0.258. The van der Waals surface area contributed by atoms with Gasteiger partial charge in [-0.2, -0.15) is 5.10 Å². The van der Waals surface area contributed by atoms with Crippen molar-refractivity contribution in [2.45, 2.75) is 26.7 Å². The first-order valence-corrected chi connectivity index (χ1v) is 6.17. The van der Waals surface area contributed by atoms with Crippen molar-refractivity contribution in [3.63, 3.8) is 0 Å². The molecule has 0 bridgehead atoms. The van der Waals surface area contributed by atoms with Gasteiger partial charge in [0.15, 0.2) is 0 Å². The van der Waals surface area contributed by atoms with Crippen molar-refractivity contribution in [1.82, 2.24) is 20.4 Å². The average Bonchev–Trinajstić information content (AvgIpc) is 2.96. The fraction of sp³-hybridized carbons (Fsp3) is 0.583. The summed E-state index contributed by atoms with van der Waals surface area (Å²) >= 11 is 0.